The van der Waals surface area contributed by atoms with Crippen molar-refractivity contribution in [2.75, 3.05) is 5.32 Å². The number of nitrogens with zero attached hydrogens (tertiary/aromatic N) is 2. The van der Waals surface area contributed by atoms with E-state index < -0.39 is 11.7 Å². The third kappa shape index (κ3) is 3.69. The maximum atomic E-state index is 14.5. The van der Waals surface area contributed by atoms with Crippen molar-refractivity contribution in [3.63, 3.8) is 0 Å². The Bertz CT molecular complexity index is 1020. The lowest BCUT2D eigenvalue weighted by atomic mass is 9.90. The fourth-order valence-corrected chi connectivity index (χ4v) is 3.18. The van der Waals surface area contributed by atoms with E-state index in [0.29, 0.717) is 11.4 Å². The summed E-state index contributed by atoms with van der Waals surface area (Å²) in [5, 5.41) is 6.88. The van der Waals surface area contributed by atoms with Crippen LogP contribution in [0, 0.1) is 5.82 Å². The Balaban J connectivity index is 1.62. The first-order chi connectivity index (χ1) is 13.7. The van der Waals surface area contributed by atoms with Crippen LogP contribution in [0.2, 0.25) is 0 Å². The first kappa shape index (κ1) is 17.7. The largest absolute Gasteiger partial charge is 0.325 e. The lowest BCUT2D eigenvalue weighted by Crippen LogP contribution is -2.22. The molecule has 138 valence electrons. The smallest absolute Gasteiger partial charge is 0.236 e. The van der Waals surface area contributed by atoms with Crippen molar-refractivity contribution in [3.05, 3.63) is 114 Å². The van der Waals surface area contributed by atoms with Gasteiger partial charge in [0.25, 0.3) is 0 Å². The van der Waals surface area contributed by atoms with Crippen LogP contribution in [0.15, 0.2) is 97.3 Å². The lowest BCUT2D eigenvalue weighted by molar-refractivity contribution is -0.116. The molecule has 4 rings (SSSR count). The summed E-state index contributed by atoms with van der Waals surface area (Å²) in [5.41, 5.74) is 2.47. The molecular formula is C23H18FN3O. The zero-order chi connectivity index (χ0) is 19.3. The lowest BCUT2D eigenvalue weighted by Gasteiger charge is -2.18. The first-order valence-corrected chi connectivity index (χ1v) is 8.93. The van der Waals surface area contributed by atoms with E-state index in [1.165, 1.54) is 10.7 Å². The summed E-state index contributed by atoms with van der Waals surface area (Å²) in [5.74, 6) is -1.17. The van der Waals surface area contributed by atoms with Gasteiger partial charge >= 0.3 is 0 Å². The number of carbonyl (C=O) groups excluding carboxylic acids is 1. The molecule has 5 heteroatoms. The second kappa shape index (κ2) is 7.88. The number of halogens is 1. The number of benzene rings is 3. The zero-order valence-corrected chi connectivity index (χ0v) is 15.0. The molecular weight excluding hydrogens is 353 g/mol. The number of amides is 1. The quantitative estimate of drug-likeness (QED) is 0.549. The van der Waals surface area contributed by atoms with Crippen LogP contribution in [0.3, 0.4) is 0 Å². The first-order valence-electron chi connectivity index (χ1n) is 8.93. The molecule has 0 spiro atoms. The van der Waals surface area contributed by atoms with Crippen molar-refractivity contribution < 1.29 is 9.18 Å². The fraction of sp³-hybridized carbons (Fsp3) is 0.0435. The Labute approximate surface area is 162 Å². The third-order valence-corrected chi connectivity index (χ3v) is 4.49. The highest BCUT2D eigenvalue weighted by molar-refractivity contribution is 5.98. The number of rotatable bonds is 5. The molecule has 0 saturated heterocycles. The molecule has 1 heterocycles. The second-order valence-electron chi connectivity index (χ2n) is 6.36. The number of nitrogens with one attached hydrogen (secondary N) is 1. The molecule has 3 aromatic carbocycles. The second-order valence-corrected chi connectivity index (χ2v) is 6.36. The van der Waals surface area contributed by atoms with Gasteiger partial charge in [-0.05, 0) is 35.4 Å². The Hall–Kier alpha value is -3.73. The van der Waals surface area contributed by atoms with Crippen LogP contribution in [0.5, 0.6) is 0 Å². The topological polar surface area (TPSA) is 46.9 Å². The molecule has 1 N–H and O–H groups in total. The van der Waals surface area contributed by atoms with Crippen molar-refractivity contribution in [1.82, 2.24) is 9.78 Å². The van der Waals surface area contributed by atoms with Crippen molar-refractivity contribution in [1.29, 1.82) is 0 Å². The van der Waals surface area contributed by atoms with Crippen LogP contribution < -0.4 is 5.32 Å². The van der Waals surface area contributed by atoms with Gasteiger partial charge in [0, 0.05) is 18.1 Å². The van der Waals surface area contributed by atoms with Crippen LogP contribution in [0.1, 0.15) is 17.0 Å². The molecule has 4 aromatic rings. The van der Waals surface area contributed by atoms with E-state index in [0.717, 1.165) is 11.1 Å². The van der Waals surface area contributed by atoms with Gasteiger partial charge in [-0.25, -0.2) is 9.07 Å². The van der Waals surface area contributed by atoms with E-state index in [2.05, 4.69) is 10.4 Å². The van der Waals surface area contributed by atoms with Crippen LogP contribution in [0.4, 0.5) is 10.1 Å². The van der Waals surface area contributed by atoms with Gasteiger partial charge in [0.2, 0.25) is 5.91 Å². The number of aromatic nitrogens is 2. The zero-order valence-electron chi connectivity index (χ0n) is 15.0. The van der Waals surface area contributed by atoms with E-state index in [9.17, 15) is 9.18 Å². The van der Waals surface area contributed by atoms with Gasteiger partial charge in [-0.15, -0.1) is 0 Å². The maximum absolute atomic E-state index is 14.5. The molecule has 0 bridgehead atoms. The average molecular weight is 371 g/mol. The predicted molar refractivity (Wildman–Crippen MR) is 107 cm³/mol. The van der Waals surface area contributed by atoms with Gasteiger partial charge in [0.1, 0.15) is 5.69 Å². The molecule has 1 amide bonds. The summed E-state index contributed by atoms with van der Waals surface area (Å²) in [7, 11) is 0. The third-order valence-electron chi connectivity index (χ3n) is 4.49. The number of hydrogen-bond acceptors (Lipinski definition) is 2. The summed E-state index contributed by atoms with van der Waals surface area (Å²) in [6.45, 7) is 0. The van der Waals surface area contributed by atoms with Gasteiger partial charge in [0.05, 0.1) is 5.92 Å². The molecule has 1 aromatic heterocycles. The predicted octanol–water partition coefficient (Wildman–Crippen LogP) is 4.78. The van der Waals surface area contributed by atoms with Gasteiger partial charge in [-0.1, -0.05) is 60.7 Å². The van der Waals surface area contributed by atoms with Gasteiger partial charge in [-0.2, -0.15) is 5.10 Å². The van der Waals surface area contributed by atoms with E-state index in [-0.39, 0.29) is 5.91 Å². The molecule has 0 unspecified atom stereocenters. The van der Waals surface area contributed by atoms with Crippen molar-refractivity contribution in [2.45, 2.75) is 5.92 Å². The molecule has 0 aliphatic carbocycles. The summed E-state index contributed by atoms with van der Waals surface area (Å²) < 4.78 is 15.9. The van der Waals surface area contributed by atoms with Gasteiger partial charge in [0.15, 0.2) is 5.82 Å². The number of hydrogen-bond donors (Lipinski definition) is 1. The summed E-state index contributed by atoms with van der Waals surface area (Å²) in [6.07, 6.45) is 3.25. The standard InChI is InChI=1S/C23H18FN3O/c24-20-16-19(12-13-21(20)27-15-7-14-25-27)26-23(28)22(17-8-3-1-4-9-17)18-10-5-2-6-11-18/h1-16,22H,(H,26,28). The van der Waals surface area contributed by atoms with E-state index in [4.69, 9.17) is 0 Å². The van der Waals surface area contributed by atoms with E-state index in [1.807, 2.05) is 60.7 Å². The Morgan fingerprint density at radius 2 is 1.54 bits per heavy atom. The van der Waals surface area contributed by atoms with Gasteiger partial charge < -0.3 is 5.32 Å². The van der Waals surface area contributed by atoms with Crippen molar-refractivity contribution in [2.24, 2.45) is 0 Å². The highest BCUT2D eigenvalue weighted by Crippen LogP contribution is 2.27. The molecule has 0 aliphatic heterocycles. The number of anilines is 1. The monoisotopic (exact) mass is 371 g/mol. The van der Waals surface area contributed by atoms with Gasteiger partial charge in [-0.3, -0.25) is 4.79 Å². The molecule has 0 aliphatic rings. The molecule has 0 radical (unpaired) electrons. The minimum Gasteiger partial charge on any atom is -0.325 e. The molecule has 28 heavy (non-hydrogen) atoms. The molecule has 0 saturated carbocycles. The average Bonchev–Trinajstić information content (AvgIpc) is 3.24. The fourth-order valence-electron chi connectivity index (χ4n) is 3.18. The van der Waals surface area contributed by atoms with Crippen LogP contribution in [-0.4, -0.2) is 15.7 Å². The summed E-state index contributed by atoms with van der Waals surface area (Å²) in [4.78, 5) is 13.1. The molecule has 0 fully saturated rings. The minimum atomic E-state index is -0.490. The van der Waals surface area contributed by atoms with Crippen LogP contribution >= 0.6 is 0 Å². The Morgan fingerprint density at radius 3 is 2.07 bits per heavy atom. The summed E-state index contributed by atoms with van der Waals surface area (Å²) in [6, 6.07) is 25.4. The van der Waals surface area contributed by atoms with Crippen molar-refractivity contribution in [3.8, 4) is 5.69 Å². The highest BCUT2D eigenvalue weighted by Gasteiger charge is 2.23. The normalized spacial score (nSPS) is 10.8. The Kier molecular flexibility index (Phi) is 4.97. The number of carbonyl (C=O) groups is 1. The van der Waals surface area contributed by atoms with E-state index in [1.54, 1.807) is 30.6 Å². The maximum Gasteiger partial charge on any atom is 0.236 e. The van der Waals surface area contributed by atoms with Crippen LogP contribution in [0.25, 0.3) is 5.69 Å². The summed E-state index contributed by atoms with van der Waals surface area (Å²) >= 11 is 0. The molecule has 0 atom stereocenters. The highest BCUT2D eigenvalue weighted by atomic mass is 19.1. The SMILES string of the molecule is O=C(Nc1ccc(-n2cccn2)c(F)c1)C(c1ccccc1)c1ccccc1. The minimum absolute atomic E-state index is 0.219. The van der Waals surface area contributed by atoms with Crippen LogP contribution in [-0.2, 0) is 4.79 Å². The van der Waals surface area contributed by atoms with Crippen molar-refractivity contribution >= 4 is 11.6 Å². The Morgan fingerprint density at radius 1 is 0.893 bits per heavy atom. The molecule has 4 nitrogen and oxygen atoms in total. The van der Waals surface area contributed by atoms with E-state index >= 15 is 0 Å².